The van der Waals surface area contributed by atoms with Gasteiger partial charge in [-0.3, -0.25) is 14.5 Å². The molecule has 108 valence electrons. The summed E-state index contributed by atoms with van der Waals surface area (Å²) in [7, 11) is 0. The third-order valence-electron chi connectivity index (χ3n) is 4.36. The maximum atomic E-state index is 12.4. The van der Waals surface area contributed by atoms with Crippen LogP contribution in [0, 0.1) is 30.6 Å². The minimum absolute atomic E-state index is 0.0592. The molecular formula is C17H17NO3. The summed E-state index contributed by atoms with van der Waals surface area (Å²) >= 11 is 0. The van der Waals surface area contributed by atoms with E-state index in [1.54, 1.807) is 12.1 Å². The second-order valence-corrected chi connectivity index (χ2v) is 5.61. The van der Waals surface area contributed by atoms with E-state index in [1.165, 1.54) is 4.90 Å². The van der Waals surface area contributed by atoms with Crippen molar-refractivity contribution in [3.05, 3.63) is 29.3 Å². The minimum Gasteiger partial charge on any atom is -0.384 e. The number of amides is 2. The summed E-state index contributed by atoms with van der Waals surface area (Å²) in [5.41, 5.74) is 2.32. The number of carbonyl (C=O) groups is 2. The van der Waals surface area contributed by atoms with Gasteiger partial charge in [0.05, 0.1) is 17.5 Å². The van der Waals surface area contributed by atoms with Crippen LogP contribution in [0.5, 0.6) is 0 Å². The van der Waals surface area contributed by atoms with Crippen LogP contribution in [0.2, 0.25) is 0 Å². The number of benzene rings is 1. The number of aliphatic hydroxyl groups excluding tert-OH is 1. The second kappa shape index (κ2) is 5.34. The molecule has 1 saturated carbocycles. The summed E-state index contributed by atoms with van der Waals surface area (Å²) in [6, 6.07) is 5.37. The van der Waals surface area contributed by atoms with E-state index in [-0.39, 0.29) is 30.3 Å². The quantitative estimate of drug-likeness (QED) is 0.629. The number of imide groups is 1. The van der Waals surface area contributed by atoms with Gasteiger partial charge in [0.1, 0.15) is 6.61 Å². The van der Waals surface area contributed by atoms with Crippen LogP contribution in [0.4, 0.5) is 5.69 Å². The lowest BCUT2D eigenvalue weighted by atomic mass is 10.00. The van der Waals surface area contributed by atoms with Crippen molar-refractivity contribution in [2.45, 2.75) is 26.2 Å². The molecule has 2 fully saturated rings. The summed E-state index contributed by atoms with van der Waals surface area (Å²) < 4.78 is 0. The van der Waals surface area contributed by atoms with Crippen LogP contribution in [0.3, 0.4) is 0 Å². The zero-order valence-electron chi connectivity index (χ0n) is 11.9. The summed E-state index contributed by atoms with van der Waals surface area (Å²) in [4.78, 5) is 26.2. The van der Waals surface area contributed by atoms with Crippen molar-refractivity contribution in [3.63, 3.8) is 0 Å². The number of anilines is 1. The van der Waals surface area contributed by atoms with Crippen molar-refractivity contribution in [2.24, 2.45) is 11.8 Å². The first-order valence-electron chi connectivity index (χ1n) is 7.21. The smallest absolute Gasteiger partial charge is 0.237 e. The zero-order chi connectivity index (χ0) is 15.0. The molecule has 1 heterocycles. The molecule has 1 saturated heterocycles. The first-order valence-corrected chi connectivity index (χ1v) is 7.21. The molecule has 0 bridgehead atoms. The number of hydrogen-bond acceptors (Lipinski definition) is 3. The average Bonchev–Trinajstić information content (AvgIpc) is 3.03. The molecule has 3 rings (SSSR count). The van der Waals surface area contributed by atoms with Gasteiger partial charge in [-0.25, -0.2) is 0 Å². The minimum atomic E-state index is -0.187. The Labute approximate surface area is 123 Å². The van der Waals surface area contributed by atoms with Crippen LogP contribution >= 0.6 is 0 Å². The molecule has 1 aromatic carbocycles. The monoisotopic (exact) mass is 283 g/mol. The molecule has 2 unspecified atom stereocenters. The van der Waals surface area contributed by atoms with Gasteiger partial charge in [-0.05, 0) is 43.5 Å². The van der Waals surface area contributed by atoms with Crippen LogP contribution in [-0.4, -0.2) is 23.5 Å². The normalized spacial score (nSPS) is 24.0. The molecule has 1 aliphatic carbocycles. The van der Waals surface area contributed by atoms with Gasteiger partial charge in [0, 0.05) is 5.56 Å². The fourth-order valence-electron chi connectivity index (χ4n) is 3.31. The van der Waals surface area contributed by atoms with Crippen molar-refractivity contribution in [1.29, 1.82) is 0 Å². The zero-order valence-corrected chi connectivity index (χ0v) is 11.9. The molecule has 4 heteroatoms. The van der Waals surface area contributed by atoms with Gasteiger partial charge in [-0.1, -0.05) is 18.3 Å². The predicted molar refractivity (Wildman–Crippen MR) is 78.5 cm³/mol. The number of aryl methyl sites for hydroxylation is 1. The molecule has 0 spiro atoms. The van der Waals surface area contributed by atoms with Crippen molar-refractivity contribution in [3.8, 4) is 11.8 Å². The number of carbonyl (C=O) groups excluding carboxylic acids is 2. The molecule has 2 amide bonds. The van der Waals surface area contributed by atoms with Gasteiger partial charge in [0.2, 0.25) is 11.8 Å². The number of hydrogen-bond donors (Lipinski definition) is 1. The lowest BCUT2D eigenvalue weighted by molar-refractivity contribution is -0.122. The van der Waals surface area contributed by atoms with Crippen LogP contribution in [-0.2, 0) is 9.59 Å². The van der Waals surface area contributed by atoms with Gasteiger partial charge >= 0.3 is 0 Å². The third-order valence-corrected chi connectivity index (χ3v) is 4.36. The lowest BCUT2D eigenvalue weighted by Crippen LogP contribution is -2.31. The van der Waals surface area contributed by atoms with E-state index < -0.39 is 0 Å². The highest BCUT2D eigenvalue weighted by Crippen LogP contribution is 2.41. The van der Waals surface area contributed by atoms with Crippen LogP contribution in [0.25, 0.3) is 0 Å². The maximum absolute atomic E-state index is 12.4. The van der Waals surface area contributed by atoms with E-state index in [2.05, 4.69) is 11.8 Å². The Balaban J connectivity index is 1.93. The van der Waals surface area contributed by atoms with E-state index in [0.29, 0.717) is 5.69 Å². The predicted octanol–water partition coefficient (Wildman–Crippen LogP) is 1.63. The SMILES string of the molecule is Cc1cc(N2C(=O)C3CCCC3C2=O)ccc1C#CCO. The van der Waals surface area contributed by atoms with E-state index in [1.807, 2.05) is 13.0 Å². The molecule has 4 nitrogen and oxygen atoms in total. The Morgan fingerprint density at radius 3 is 2.48 bits per heavy atom. The Kier molecular flexibility index (Phi) is 3.52. The highest BCUT2D eigenvalue weighted by atomic mass is 16.2. The standard InChI is InChI=1S/C17H17NO3/c1-11-10-13(8-7-12(11)4-3-9-19)18-16(20)14-5-2-6-15(14)17(18)21/h7-8,10,14-15,19H,2,5-6,9H2,1H3. The van der Waals surface area contributed by atoms with Crippen molar-refractivity contribution in [1.82, 2.24) is 0 Å². The van der Waals surface area contributed by atoms with Gasteiger partial charge in [0.15, 0.2) is 0 Å². The molecule has 2 atom stereocenters. The molecule has 1 aromatic rings. The highest BCUT2D eigenvalue weighted by molar-refractivity contribution is 6.22. The molecule has 0 radical (unpaired) electrons. The molecule has 1 N–H and O–H groups in total. The molecule has 21 heavy (non-hydrogen) atoms. The Morgan fingerprint density at radius 2 is 1.90 bits per heavy atom. The Bertz CT molecular complexity index is 646. The number of fused-ring (bicyclic) bond motifs is 1. The first-order chi connectivity index (χ1) is 10.1. The van der Waals surface area contributed by atoms with Crippen molar-refractivity contribution >= 4 is 17.5 Å². The maximum Gasteiger partial charge on any atom is 0.237 e. The summed E-state index contributed by atoms with van der Waals surface area (Å²) in [6.07, 6.45) is 2.62. The van der Waals surface area contributed by atoms with Gasteiger partial charge < -0.3 is 5.11 Å². The summed E-state index contributed by atoms with van der Waals surface area (Å²) in [6.45, 7) is 1.70. The molecule has 0 aromatic heterocycles. The van der Waals surface area contributed by atoms with Crippen LogP contribution in [0.1, 0.15) is 30.4 Å². The number of nitrogens with zero attached hydrogens (tertiary/aromatic N) is 1. The highest BCUT2D eigenvalue weighted by Gasteiger charge is 2.50. The second-order valence-electron chi connectivity index (χ2n) is 5.61. The number of rotatable bonds is 1. The fraction of sp³-hybridized carbons (Fsp3) is 0.412. The largest absolute Gasteiger partial charge is 0.384 e. The average molecular weight is 283 g/mol. The van der Waals surface area contributed by atoms with Gasteiger partial charge in [0.25, 0.3) is 0 Å². The van der Waals surface area contributed by atoms with Crippen LogP contribution < -0.4 is 4.90 Å². The van der Waals surface area contributed by atoms with Crippen LogP contribution in [0.15, 0.2) is 18.2 Å². The lowest BCUT2D eigenvalue weighted by Gasteiger charge is -2.17. The Hall–Kier alpha value is -2.12. The van der Waals surface area contributed by atoms with Gasteiger partial charge in [-0.2, -0.15) is 0 Å². The molecule has 2 aliphatic rings. The first kappa shape index (κ1) is 13.8. The summed E-state index contributed by atoms with van der Waals surface area (Å²) in [5, 5.41) is 8.74. The van der Waals surface area contributed by atoms with Crippen molar-refractivity contribution < 1.29 is 14.7 Å². The Morgan fingerprint density at radius 1 is 1.24 bits per heavy atom. The number of aliphatic hydroxyl groups is 1. The molecule has 1 aliphatic heterocycles. The van der Waals surface area contributed by atoms with E-state index >= 15 is 0 Å². The topological polar surface area (TPSA) is 57.6 Å². The fourth-order valence-corrected chi connectivity index (χ4v) is 3.31. The summed E-state index contributed by atoms with van der Waals surface area (Å²) in [5.74, 6) is 5.10. The van der Waals surface area contributed by atoms with E-state index in [9.17, 15) is 9.59 Å². The van der Waals surface area contributed by atoms with Crippen molar-refractivity contribution in [2.75, 3.05) is 11.5 Å². The van der Waals surface area contributed by atoms with E-state index in [0.717, 1.165) is 30.4 Å². The molecular weight excluding hydrogens is 266 g/mol. The van der Waals surface area contributed by atoms with Gasteiger partial charge in [-0.15, -0.1) is 0 Å². The van der Waals surface area contributed by atoms with E-state index in [4.69, 9.17) is 5.11 Å². The third kappa shape index (κ3) is 2.24.